The minimum Gasteiger partial charge on any atom is -0.497 e. The van der Waals surface area contributed by atoms with Gasteiger partial charge in [0.25, 0.3) is 0 Å². The number of rotatable bonds is 32. The molecular weight excluding hydrogens is 1860 g/mol. The number of hydrogen-bond acceptors (Lipinski definition) is 24. The quantitative estimate of drug-likeness (QED) is 0.0238. The summed E-state index contributed by atoms with van der Waals surface area (Å²) in [6.07, 6.45) is 4.22. The second-order valence-electron chi connectivity index (χ2n) is 36.8. The summed E-state index contributed by atoms with van der Waals surface area (Å²) in [5.74, 6) is -18.3. The summed E-state index contributed by atoms with van der Waals surface area (Å²) < 4.78 is 6.81. The number of aliphatic carboxylic acids is 2. The van der Waals surface area contributed by atoms with Crippen molar-refractivity contribution in [2.75, 3.05) is 72.5 Å². The number of ether oxygens (including phenoxy) is 1. The van der Waals surface area contributed by atoms with Gasteiger partial charge in [0.1, 0.15) is 96.9 Å². The molecule has 3 aromatic heterocycles. The van der Waals surface area contributed by atoms with Gasteiger partial charge in [-0.2, -0.15) is 0 Å². The normalized spacial score (nSPS) is 24.1. The average Bonchev–Trinajstić information content (AvgIpc) is 1.61. The number of imidazole rings is 1. The molecule has 3 fully saturated rings. The number of carboxylic acids is 2. The maximum atomic E-state index is 16.1. The van der Waals surface area contributed by atoms with Gasteiger partial charge in [-0.05, 0) is 138 Å². The lowest BCUT2D eigenvalue weighted by molar-refractivity contribution is -0.149. The Labute approximate surface area is 827 Å². The highest BCUT2D eigenvalue weighted by Gasteiger charge is 2.47. The van der Waals surface area contributed by atoms with E-state index in [1.165, 1.54) is 63.4 Å². The Morgan fingerprint density at radius 2 is 1.12 bits per heavy atom. The standard InChI is InChI=1S/C97H138N22O22S/c1-10-12-28-76-90(133)108-68(39-55(3)4)87(130)113-74(85(128)103-48-80(100)121)52-142-53-81(122)105-71(40-57-32-34-62(141-9)35-33-57)93(136)114(6)56(5)84(127)111-73(45-82(123)124)96(139)118-38-22-31-77(118)91(134)110-70(43-60-47-101-54-104-60)89(132)107-67(27-19-21-37-99)95(138)119-50-61(120)44-79(119)92(135)109-69(41-58-46-102-65-25-16-14-23-63(58)65)88(131)106-66(26-18-20-36-98)86(129)112-72(94(137)116(8)78(29-13-11-2)97(140)115(76)7)42-59-49-117(51-83(125)126)75-30-17-15-24-64(59)75/h14-17,23-25,30,32-35,46-47,49,54-56,61,66-74,76-79,102,120H,10-13,18-22,26-29,31,36-45,48,50-53,98-99H2,1-9H3,(H2,100,121)(H,101,104)(H,103,128)(H,105,122)(H,106,131)(H,107,132)(H,108,133)(H,109,135)(H,110,134)(H,111,127)(H,112,129)(H,113,130)(H,123,124)(H,125,126)/t56-,61+,66-,67-,68-,69-,70-,71-,72-,73-,74-,76-,77-,78-,79?/m0/s1. The van der Waals surface area contributed by atoms with E-state index in [4.69, 9.17) is 21.9 Å². The summed E-state index contributed by atoms with van der Waals surface area (Å²) in [7, 11) is 5.38. The fourth-order valence-electron chi connectivity index (χ4n) is 17.9. The van der Waals surface area contributed by atoms with E-state index in [-0.39, 0.29) is 109 Å². The third-order valence-electron chi connectivity index (χ3n) is 25.7. The molecule has 3 aromatic carbocycles. The fraction of sp³-hybridized carbons (Fsp3) is 0.557. The molecule has 0 radical (unpaired) electrons. The van der Waals surface area contributed by atoms with Crippen molar-refractivity contribution in [1.82, 2.24) is 97.2 Å². The molecule has 15 atom stereocenters. The van der Waals surface area contributed by atoms with E-state index >= 15 is 38.4 Å². The number of carboxylic acid groups (broad SMARTS) is 2. The van der Waals surface area contributed by atoms with Crippen molar-refractivity contribution in [3.05, 3.63) is 120 Å². The molecule has 0 saturated carbocycles. The summed E-state index contributed by atoms with van der Waals surface area (Å²) >= 11 is 0.796. The number of amides is 16. The number of aromatic nitrogens is 4. The van der Waals surface area contributed by atoms with E-state index in [1.54, 1.807) is 92.8 Å². The smallest absolute Gasteiger partial charge is 0.323 e. The van der Waals surface area contributed by atoms with Crippen LogP contribution in [0, 0.1) is 5.92 Å². The van der Waals surface area contributed by atoms with Crippen molar-refractivity contribution in [3.8, 4) is 5.75 Å². The van der Waals surface area contributed by atoms with Gasteiger partial charge in [-0.1, -0.05) is 102 Å². The van der Waals surface area contributed by atoms with Gasteiger partial charge in [0, 0.05) is 118 Å². The Balaban J connectivity index is 1.13. The molecule has 0 aliphatic carbocycles. The Morgan fingerprint density at radius 3 is 1.75 bits per heavy atom. The monoisotopic (exact) mass is 2000 g/mol. The number of nitrogens with one attached hydrogen (secondary N) is 12. The van der Waals surface area contributed by atoms with Crippen LogP contribution in [0.3, 0.4) is 0 Å². The van der Waals surface area contributed by atoms with Crippen LogP contribution in [0.4, 0.5) is 0 Å². The van der Waals surface area contributed by atoms with Crippen LogP contribution in [-0.2, 0) is 119 Å². The van der Waals surface area contributed by atoms with Crippen molar-refractivity contribution in [2.45, 2.75) is 267 Å². The first-order valence-electron chi connectivity index (χ1n) is 48.3. The maximum Gasteiger partial charge on any atom is 0.323 e. The van der Waals surface area contributed by atoms with E-state index in [1.807, 2.05) is 13.8 Å². The Kier molecular flexibility index (Phi) is 43.0. The van der Waals surface area contributed by atoms with Gasteiger partial charge in [-0.15, -0.1) is 11.8 Å². The summed E-state index contributed by atoms with van der Waals surface area (Å²) in [5, 5.41) is 60.4. The second-order valence-corrected chi connectivity index (χ2v) is 37.9. The van der Waals surface area contributed by atoms with E-state index in [0.717, 1.165) is 31.4 Å². The zero-order valence-corrected chi connectivity index (χ0v) is 82.7. The number of hydrogen-bond donors (Lipinski definition) is 18. The number of fused-ring (bicyclic) bond motifs is 4. The maximum absolute atomic E-state index is 16.1. The molecule has 16 amide bonds. The summed E-state index contributed by atoms with van der Waals surface area (Å²) in [6, 6.07) is -1.41. The number of benzene rings is 3. The molecule has 6 aromatic rings. The molecule has 21 N–H and O–H groups in total. The number of aromatic amines is 2. The zero-order valence-electron chi connectivity index (χ0n) is 81.9. The number of carbonyl (C=O) groups excluding carboxylic acids is 16. The van der Waals surface area contributed by atoms with Crippen LogP contribution in [0.2, 0.25) is 0 Å². The van der Waals surface area contributed by atoms with E-state index < -0.39 is 241 Å². The third kappa shape index (κ3) is 31.5. The number of aliphatic hydroxyl groups excluding tert-OH is 1. The molecular formula is C97H138N22O22S. The number of aliphatic hydroxyl groups is 1. The molecule has 774 valence electrons. The number of likely N-dealkylation sites (N-methyl/N-ethyl adjacent to an activating group) is 3. The predicted octanol–water partition coefficient (Wildman–Crippen LogP) is -0.466. The second kappa shape index (κ2) is 54.4. The molecule has 3 aliphatic heterocycles. The number of H-pyrrole nitrogens is 2. The highest BCUT2D eigenvalue weighted by molar-refractivity contribution is 8.00. The van der Waals surface area contributed by atoms with Gasteiger partial charge in [-0.3, -0.25) is 86.3 Å². The van der Waals surface area contributed by atoms with Crippen LogP contribution in [0.25, 0.3) is 21.8 Å². The van der Waals surface area contributed by atoms with Gasteiger partial charge in [0.15, 0.2) is 0 Å². The molecule has 1 unspecified atom stereocenters. The summed E-state index contributed by atoms with van der Waals surface area (Å²) in [5.41, 5.74) is 20.3. The average molecular weight is 2000 g/mol. The number of methoxy groups -OCH3 is 1. The van der Waals surface area contributed by atoms with E-state index in [2.05, 4.69) is 68.1 Å². The lowest BCUT2D eigenvalue weighted by Crippen LogP contribution is -2.61. The SMILES string of the molecule is CCCC[C@H]1C(=O)N(C)[C@@H](CCCC)C(=O)N[C@@H](CC(C)C)C(=O)N[C@H](C(=O)NCC(N)=O)CSCC(=O)N[C@@H](Cc2ccc(OC)cc2)C(=O)N(C)[C@@H](C)C(=O)N[C@@H](CC(=O)O)C(=O)N2CCC[C@H]2C(=O)N[C@@H](Cc2cnc[nH]2)C(=O)N[C@@H](CCCCN)C(=O)N2C[C@H](O)CC2C(=O)N[C@@H](Cc2c[nH]c3ccccc23)C(=O)N[C@@H](CCCCN)C(=O)N[C@@H](Cc2cn(CC(=O)O)c3ccccc23)C(=O)N1C. The largest absolute Gasteiger partial charge is 0.497 e. The Hall–Kier alpha value is -13.6. The van der Waals surface area contributed by atoms with E-state index in [9.17, 15) is 63.3 Å². The van der Waals surface area contributed by atoms with Gasteiger partial charge in [-0.25, -0.2) is 4.98 Å². The number of carbonyl (C=O) groups is 18. The number of primary amides is 1. The number of nitrogens with zero attached hydrogens (tertiary/aromatic N) is 7. The minimum atomic E-state index is -1.90. The van der Waals surface area contributed by atoms with Crippen LogP contribution < -0.4 is 75.1 Å². The van der Waals surface area contributed by atoms with Crippen LogP contribution in [0.1, 0.15) is 166 Å². The first-order chi connectivity index (χ1) is 67.8. The van der Waals surface area contributed by atoms with Gasteiger partial charge in [0.2, 0.25) is 94.5 Å². The number of para-hydroxylation sites is 2. The highest BCUT2D eigenvalue weighted by atomic mass is 32.2. The van der Waals surface area contributed by atoms with Crippen molar-refractivity contribution in [1.29, 1.82) is 0 Å². The van der Waals surface area contributed by atoms with Crippen molar-refractivity contribution < 1.29 is 106 Å². The van der Waals surface area contributed by atoms with Gasteiger partial charge in [0.05, 0.1) is 38.3 Å². The molecule has 142 heavy (non-hydrogen) atoms. The van der Waals surface area contributed by atoms with E-state index in [0.29, 0.717) is 88.5 Å². The summed E-state index contributed by atoms with van der Waals surface area (Å²) in [4.78, 5) is 281. The number of thioether (sulfide) groups is 1. The fourth-order valence-corrected chi connectivity index (χ4v) is 18.7. The van der Waals surface area contributed by atoms with Crippen LogP contribution >= 0.6 is 11.8 Å². The predicted molar refractivity (Wildman–Crippen MR) is 524 cm³/mol. The Morgan fingerprint density at radius 1 is 0.556 bits per heavy atom. The summed E-state index contributed by atoms with van der Waals surface area (Å²) in [6.45, 7) is 6.88. The molecule has 0 bridgehead atoms. The minimum absolute atomic E-state index is 0.00314. The molecule has 45 heteroatoms. The topological polar surface area (TPSA) is 641 Å². The molecule has 3 saturated heterocycles. The lowest BCUT2D eigenvalue weighted by Gasteiger charge is -2.36. The van der Waals surface area contributed by atoms with Crippen molar-refractivity contribution >= 4 is 140 Å². The number of unbranched alkanes of at least 4 members (excludes halogenated alkanes) is 4. The lowest BCUT2D eigenvalue weighted by atomic mass is 9.99. The molecule has 44 nitrogen and oxygen atoms in total. The van der Waals surface area contributed by atoms with Crippen LogP contribution in [0.15, 0.2) is 97.7 Å². The van der Waals surface area contributed by atoms with Crippen molar-refractivity contribution in [2.24, 2.45) is 23.1 Å². The van der Waals surface area contributed by atoms with Crippen LogP contribution in [0.5, 0.6) is 5.75 Å². The van der Waals surface area contributed by atoms with Crippen LogP contribution in [-0.4, -0.2) is 329 Å². The highest BCUT2D eigenvalue weighted by Crippen LogP contribution is 2.29. The zero-order chi connectivity index (χ0) is 104. The van der Waals surface area contributed by atoms with Gasteiger partial charge >= 0.3 is 11.9 Å². The molecule has 0 spiro atoms. The first kappa shape index (κ1) is 112. The molecule has 6 heterocycles. The number of nitrogens with two attached hydrogens (primary N) is 3. The third-order valence-corrected chi connectivity index (χ3v) is 26.8. The molecule has 9 rings (SSSR count). The molecule has 3 aliphatic rings. The first-order valence-corrected chi connectivity index (χ1v) is 49.4. The van der Waals surface area contributed by atoms with Crippen molar-refractivity contribution in [3.63, 3.8) is 0 Å². The Bertz CT molecular complexity index is 5400. The van der Waals surface area contributed by atoms with Gasteiger partial charge < -0.3 is 129 Å².